The lowest BCUT2D eigenvalue weighted by atomic mass is 9.88. The molecule has 1 aromatic carbocycles. The number of rotatable bonds is 3. The van der Waals surface area contributed by atoms with E-state index >= 15 is 0 Å². The Labute approximate surface area is 113 Å². The predicted molar refractivity (Wildman–Crippen MR) is 73.7 cm³/mol. The molecule has 0 spiro atoms. The van der Waals surface area contributed by atoms with Gasteiger partial charge < -0.3 is 5.73 Å². The third-order valence-corrected chi connectivity index (χ3v) is 4.39. The Morgan fingerprint density at radius 2 is 2.18 bits per heavy atom. The van der Waals surface area contributed by atoms with Crippen LogP contribution in [-0.2, 0) is 12.0 Å². The molecule has 1 atom stereocenters. The van der Waals surface area contributed by atoms with Crippen molar-refractivity contribution in [1.82, 2.24) is 0 Å². The maximum atomic E-state index is 13.1. The van der Waals surface area contributed by atoms with Crippen molar-refractivity contribution in [2.45, 2.75) is 18.9 Å². The first-order valence-electron chi connectivity index (χ1n) is 5.24. The third-order valence-electron chi connectivity index (χ3n) is 2.69. The highest BCUT2D eigenvalue weighted by atomic mass is 79.9. The van der Waals surface area contributed by atoms with Crippen molar-refractivity contribution in [3.63, 3.8) is 0 Å². The Balaban J connectivity index is 2.26. The van der Waals surface area contributed by atoms with E-state index in [-0.39, 0.29) is 5.82 Å². The second-order valence-corrected chi connectivity index (χ2v) is 5.96. The van der Waals surface area contributed by atoms with E-state index in [0.717, 1.165) is 15.6 Å². The lowest BCUT2D eigenvalue weighted by molar-refractivity contribution is 0.489. The van der Waals surface area contributed by atoms with Gasteiger partial charge in [-0.15, -0.1) is 0 Å². The largest absolute Gasteiger partial charge is 0.321 e. The Bertz CT molecular complexity index is 522. The summed E-state index contributed by atoms with van der Waals surface area (Å²) in [7, 11) is 0. The zero-order valence-electron chi connectivity index (χ0n) is 9.41. The molecule has 0 saturated heterocycles. The van der Waals surface area contributed by atoms with Gasteiger partial charge in [0.05, 0.1) is 0 Å². The molecule has 1 nitrogen and oxygen atoms in total. The topological polar surface area (TPSA) is 26.0 Å². The fourth-order valence-corrected chi connectivity index (χ4v) is 3.74. The van der Waals surface area contributed by atoms with Gasteiger partial charge in [0.1, 0.15) is 5.82 Å². The van der Waals surface area contributed by atoms with Crippen molar-refractivity contribution < 1.29 is 4.39 Å². The van der Waals surface area contributed by atoms with Gasteiger partial charge in [-0.3, -0.25) is 0 Å². The van der Waals surface area contributed by atoms with Gasteiger partial charge in [0.25, 0.3) is 0 Å². The number of hydrogen-bond acceptors (Lipinski definition) is 2. The molecule has 1 heterocycles. The predicted octanol–water partition coefficient (Wildman–Crippen LogP) is 4.07. The zero-order valence-corrected chi connectivity index (χ0v) is 11.8. The van der Waals surface area contributed by atoms with E-state index in [1.165, 1.54) is 12.1 Å². The van der Waals surface area contributed by atoms with Gasteiger partial charge in [-0.05, 0) is 57.9 Å². The lowest BCUT2D eigenvalue weighted by Gasteiger charge is -2.24. The second-order valence-electron chi connectivity index (χ2n) is 4.36. The summed E-state index contributed by atoms with van der Waals surface area (Å²) in [5, 5.41) is 4.04. The van der Waals surface area contributed by atoms with Gasteiger partial charge in [-0.1, -0.05) is 12.1 Å². The minimum atomic E-state index is -0.493. The summed E-state index contributed by atoms with van der Waals surface area (Å²) in [6.07, 6.45) is 0.611. The minimum absolute atomic E-state index is 0.220. The normalized spacial score (nSPS) is 14.6. The zero-order chi connectivity index (χ0) is 12.5. The summed E-state index contributed by atoms with van der Waals surface area (Å²) in [5.74, 6) is -0.220. The van der Waals surface area contributed by atoms with E-state index in [4.69, 9.17) is 5.73 Å². The fraction of sp³-hybridized carbons (Fsp3) is 0.231. The summed E-state index contributed by atoms with van der Waals surface area (Å²) >= 11 is 5.09. The fourth-order valence-electron chi connectivity index (χ4n) is 1.86. The van der Waals surface area contributed by atoms with Crippen LogP contribution in [0.25, 0.3) is 0 Å². The van der Waals surface area contributed by atoms with Crippen LogP contribution in [0.1, 0.15) is 18.1 Å². The van der Waals surface area contributed by atoms with Crippen LogP contribution in [0.3, 0.4) is 0 Å². The molecule has 0 aliphatic rings. The summed E-state index contributed by atoms with van der Waals surface area (Å²) in [6.45, 7) is 1.96. The van der Waals surface area contributed by atoms with Crippen LogP contribution < -0.4 is 5.73 Å². The maximum absolute atomic E-state index is 13.1. The third kappa shape index (κ3) is 2.94. The standard InChI is InChI=1S/C13H13BrFNS/c1-13(16,11-7-17-8-12(11)14)6-9-3-2-4-10(15)5-9/h2-5,7-8H,6,16H2,1H3. The van der Waals surface area contributed by atoms with Crippen molar-refractivity contribution in [3.05, 3.63) is 56.4 Å². The Morgan fingerprint density at radius 3 is 2.76 bits per heavy atom. The Kier molecular flexibility index (Phi) is 3.66. The smallest absolute Gasteiger partial charge is 0.123 e. The molecule has 17 heavy (non-hydrogen) atoms. The summed E-state index contributed by atoms with van der Waals surface area (Å²) in [5.41, 5.74) is 7.80. The average Bonchev–Trinajstić information content (AvgIpc) is 2.64. The second kappa shape index (κ2) is 4.88. The molecule has 0 aliphatic carbocycles. The first-order valence-corrected chi connectivity index (χ1v) is 6.98. The molecule has 90 valence electrons. The molecule has 0 fully saturated rings. The highest BCUT2D eigenvalue weighted by molar-refractivity contribution is 9.10. The van der Waals surface area contributed by atoms with Crippen LogP contribution in [-0.4, -0.2) is 0 Å². The molecule has 0 bridgehead atoms. The van der Waals surface area contributed by atoms with Crippen LogP contribution in [0.5, 0.6) is 0 Å². The van der Waals surface area contributed by atoms with Gasteiger partial charge in [-0.2, -0.15) is 11.3 Å². The number of nitrogens with two attached hydrogens (primary N) is 1. The number of hydrogen-bond donors (Lipinski definition) is 1. The quantitative estimate of drug-likeness (QED) is 0.908. The molecule has 0 amide bonds. The Morgan fingerprint density at radius 1 is 1.41 bits per heavy atom. The first kappa shape index (κ1) is 12.7. The highest BCUT2D eigenvalue weighted by Gasteiger charge is 2.24. The first-order chi connectivity index (χ1) is 7.99. The van der Waals surface area contributed by atoms with Crippen LogP contribution in [0.4, 0.5) is 4.39 Å². The van der Waals surface area contributed by atoms with Gasteiger partial charge in [0.15, 0.2) is 0 Å². The monoisotopic (exact) mass is 313 g/mol. The van der Waals surface area contributed by atoms with E-state index in [1.807, 2.05) is 23.8 Å². The van der Waals surface area contributed by atoms with Gasteiger partial charge in [-0.25, -0.2) is 4.39 Å². The molecule has 4 heteroatoms. The highest BCUT2D eigenvalue weighted by Crippen LogP contribution is 2.32. The van der Waals surface area contributed by atoms with Crippen molar-refractivity contribution in [1.29, 1.82) is 0 Å². The Hall–Kier alpha value is -0.710. The molecule has 0 radical (unpaired) electrons. The summed E-state index contributed by atoms with van der Waals surface area (Å²) in [6, 6.07) is 6.58. The summed E-state index contributed by atoms with van der Waals surface area (Å²) in [4.78, 5) is 0. The van der Waals surface area contributed by atoms with Crippen molar-refractivity contribution >= 4 is 27.3 Å². The van der Waals surface area contributed by atoms with Crippen molar-refractivity contribution in [2.24, 2.45) is 5.73 Å². The minimum Gasteiger partial charge on any atom is -0.321 e. The molecule has 1 aromatic heterocycles. The summed E-state index contributed by atoms with van der Waals surface area (Å²) < 4.78 is 14.1. The SMILES string of the molecule is CC(N)(Cc1cccc(F)c1)c1cscc1Br. The van der Waals surface area contributed by atoms with Gasteiger partial charge in [0.2, 0.25) is 0 Å². The van der Waals surface area contributed by atoms with E-state index in [2.05, 4.69) is 15.9 Å². The van der Waals surface area contributed by atoms with Gasteiger partial charge in [0, 0.05) is 15.4 Å². The molecule has 2 N–H and O–H groups in total. The van der Waals surface area contributed by atoms with Crippen LogP contribution in [0.15, 0.2) is 39.5 Å². The van der Waals surface area contributed by atoms with E-state index in [9.17, 15) is 4.39 Å². The average molecular weight is 314 g/mol. The van der Waals surface area contributed by atoms with E-state index in [0.29, 0.717) is 6.42 Å². The molecule has 0 saturated carbocycles. The molecule has 1 unspecified atom stereocenters. The van der Waals surface area contributed by atoms with Crippen LogP contribution in [0, 0.1) is 5.82 Å². The van der Waals surface area contributed by atoms with E-state index in [1.54, 1.807) is 17.4 Å². The van der Waals surface area contributed by atoms with Crippen molar-refractivity contribution in [2.75, 3.05) is 0 Å². The number of benzene rings is 1. The maximum Gasteiger partial charge on any atom is 0.123 e. The number of thiophene rings is 1. The van der Waals surface area contributed by atoms with Crippen LogP contribution >= 0.6 is 27.3 Å². The molecular weight excluding hydrogens is 301 g/mol. The molecule has 2 aromatic rings. The lowest BCUT2D eigenvalue weighted by Crippen LogP contribution is -2.35. The molecule has 0 aliphatic heterocycles. The van der Waals surface area contributed by atoms with Crippen molar-refractivity contribution in [3.8, 4) is 0 Å². The molecular formula is C13H13BrFNS. The van der Waals surface area contributed by atoms with Gasteiger partial charge >= 0.3 is 0 Å². The van der Waals surface area contributed by atoms with E-state index < -0.39 is 5.54 Å². The molecule has 2 rings (SSSR count). The number of halogens is 2. The van der Waals surface area contributed by atoms with Crippen LogP contribution in [0.2, 0.25) is 0 Å².